The molecule has 7 heteroatoms. The molecule has 0 saturated heterocycles. The highest BCUT2D eigenvalue weighted by atomic mass is 19.1. The van der Waals surface area contributed by atoms with Gasteiger partial charge in [0.25, 0.3) is 5.91 Å². The Hall–Kier alpha value is -3.22. The molecule has 0 atom stereocenters. The summed E-state index contributed by atoms with van der Waals surface area (Å²) in [6.07, 6.45) is 3.07. The van der Waals surface area contributed by atoms with E-state index >= 15 is 0 Å². The fourth-order valence-corrected chi connectivity index (χ4v) is 2.40. The second kappa shape index (κ2) is 6.72. The van der Waals surface area contributed by atoms with Crippen molar-refractivity contribution < 1.29 is 13.9 Å². The van der Waals surface area contributed by atoms with Gasteiger partial charge in [-0.25, -0.2) is 14.4 Å². The molecule has 0 aliphatic carbocycles. The van der Waals surface area contributed by atoms with E-state index in [2.05, 4.69) is 15.3 Å². The zero-order chi connectivity index (χ0) is 18.0. The van der Waals surface area contributed by atoms with E-state index in [1.807, 2.05) is 30.5 Å². The lowest BCUT2D eigenvalue weighted by Gasteiger charge is -2.09. The summed E-state index contributed by atoms with van der Waals surface area (Å²) < 4.78 is 20.9. The standard InChI is InChI=1S/C18H17FN4O2/c1-11-12(2)23(10-21-11)14-6-4-13(5-7-14)22-18(24)17-16(19)15(25-3)8-9-20-17/h4-10H,1-3H3,(H,22,24). The lowest BCUT2D eigenvalue weighted by Crippen LogP contribution is -2.16. The van der Waals surface area contributed by atoms with Gasteiger partial charge in [-0.1, -0.05) is 0 Å². The van der Waals surface area contributed by atoms with E-state index in [0.717, 1.165) is 17.1 Å². The van der Waals surface area contributed by atoms with Crippen LogP contribution in [0.5, 0.6) is 5.75 Å². The average Bonchev–Trinajstić information content (AvgIpc) is 2.95. The molecule has 1 N–H and O–H groups in total. The van der Waals surface area contributed by atoms with Crippen LogP contribution in [0.15, 0.2) is 42.9 Å². The van der Waals surface area contributed by atoms with Gasteiger partial charge in [-0.3, -0.25) is 4.79 Å². The normalized spacial score (nSPS) is 10.6. The fourth-order valence-electron chi connectivity index (χ4n) is 2.40. The first-order valence-corrected chi connectivity index (χ1v) is 7.62. The maximum atomic E-state index is 14.1. The lowest BCUT2D eigenvalue weighted by atomic mass is 10.2. The Balaban J connectivity index is 1.80. The predicted octanol–water partition coefficient (Wildman–Crippen LogP) is 3.28. The summed E-state index contributed by atoms with van der Waals surface area (Å²) in [6, 6.07) is 8.52. The van der Waals surface area contributed by atoms with Gasteiger partial charge in [0.05, 0.1) is 19.1 Å². The van der Waals surface area contributed by atoms with Crippen molar-refractivity contribution in [1.29, 1.82) is 0 Å². The van der Waals surface area contributed by atoms with Crippen molar-refractivity contribution >= 4 is 11.6 Å². The topological polar surface area (TPSA) is 69.0 Å². The molecule has 0 spiro atoms. The van der Waals surface area contributed by atoms with Gasteiger partial charge < -0.3 is 14.6 Å². The van der Waals surface area contributed by atoms with Gasteiger partial charge in [-0.15, -0.1) is 0 Å². The van der Waals surface area contributed by atoms with Gasteiger partial charge in [-0.2, -0.15) is 0 Å². The van der Waals surface area contributed by atoms with Gasteiger partial charge >= 0.3 is 0 Å². The largest absolute Gasteiger partial charge is 0.494 e. The third-order valence-corrected chi connectivity index (χ3v) is 3.94. The number of pyridine rings is 1. The number of hydrogen-bond acceptors (Lipinski definition) is 4. The molecule has 3 aromatic rings. The molecule has 0 saturated carbocycles. The van der Waals surface area contributed by atoms with Gasteiger partial charge in [0, 0.05) is 29.3 Å². The molecule has 6 nitrogen and oxygen atoms in total. The van der Waals surface area contributed by atoms with Crippen LogP contribution in [0.1, 0.15) is 21.9 Å². The molecule has 2 aromatic heterocycles. The number of carbonyl (C=O) groups is 1. The highest BCUT2D eigenvalue weighted by Gasteiger charge is 2.17. The average molecular weight is 340 g/mol. The van der Waals surface area contributed by atoms with Crippen LogP contribution in [0, 0.1) is 19.7 Å². The molecular formula is C18H17FN4O2. The van der Waals surface area contributed by atoms with Crippen molar-refractivity contribution in [3.05, 3.63) is 65.8 Å². The van der Waals surface area contributed by atoms with Gasteiger partial charge in [-0.05, 0) is 38.1 Å². The maximum absolute atomic E-state index is 14.1. The van der Waals surface area contributed by atoms with Gasteiger partial charge in [0.15, 0.2) is 17.3 Å². The number of aromatic nitrogens is 3. The number of ether oxygens (including phenoxy) is 1. The van der Waals surface area contributed by atoms with Crippen LogP contribution < -0.4 is 10.1 Å². The fraction of sp³-hybridized carbons (Fsp3) is 0.167. The SMILES string of the molecule is COc1ccnc(C(=O)Nc2ccc(-n3cnc(C)c3C)cc2)c1F. The number of carbonyl (C=O) groups excluding carboxylic acids is 1. The summed E-state index contributed by atoms with van der Waals surface area (Å²) in [5.74, 6) is -1.45. The Bertz CT molecular complexity index is 919. The monoisotopic (exact) mass is 340 g/mol. The highest BCUT2D eigenvalue weighted by Crippen LogP contribution is 2.20. The van der Waals surface area contributed by atoms with Crippen LogP contribution in [0.3, 0.4) is 0 Å². The Morgan fingerprint density at radius 2 is 1.88 bits per heavy atom. The minimum absolute atomic E-state index is 0.0264. The summed E-state index contributed by atoms with van der Waals surface area (Å²) in [5, 5.41) is 2.63. The molecule has 25 heavy (non-hydrogen) atoms. The summed E-state index contributed by atoms with van der Waals surface area (Å²) >= 11 is 0. The second-order valence-electron chi connectivity index (χ2n) is 5.46. The third kappa shape index (κ3) is 3.21. The van der Waals surface area contributed by atoms with E-state index in [9.17, 15) is 9.18 Å². The van der Waals surface area contributed by atoms with Crippen LogP contribution in [0.25, 0.3) is 5.69 Å². The molecule has 3 rings (SSSR count). The van der Waals surface area contributed by atoms with E-state index in [-0.39, 0.29) is 11.4 Å². The maximum Gasteiger partial charge on any atom is 0.277 e. The number of anilines is 1. The minimum Gasteiger partial charge on any atom is -0.494 e. The van der Waals surface area contributed by atoms with Crippen LogP contribution in [0.2, 0.25) is 0 Å². The number of rotatable bonds is 4. The zero-order valence-electron chi connectivity index (χ0n) is 14.1. The number of halogens is 1. The van der Waals surface area contributed by atoms with E-state index < -0.39 is 11.7 Å². The highest BCUT2D eigenvalue weighted by molar-refractivity contribution is 6.03. The molecule has 0 bridgehead atoms. The Morgan fingerprint density at radius 1 is 1.16 bits per heavy atom. The summed E-state index contributed by atoms with van der Waals surface area (Å²) in [7, 11) is 1.33. The van der Waals surface area contributed by atoms with Crippen LogP contribution >= 0.6 is 0 Å². The quantitative estimate of drug-likeness (QED) is 0.791. The number of nitrogens with zero attached hydrogens (tertiary/aromatic N) is 3. The molecule has 0 unspecified atom stereocenters. The van der Waals surface area contributed by atoms with Crippen molar-refractivity contribution in [1.82, 2.24) is 14.5 Å². The van der Waals surface area contributed by atoms with Crippen LogP contribution in [0.4, 0.5) is 10.1 Å². The molecule has 0 radical (unpaired) electrons. The first-order valence-electron chi connectivity index (χ1n) is 7.62. The van der Waals surface area contributed by atoms with Crippen molar-refractivity contribution in [2.45, 2.75) is 13.8 Å². The number of hydrogen-bond donors (Lipinski definition) is 1. The third-order valence-electron chi connectivity index (χ3n) is 3.94. The molecule has 0 fully saturated rings. The van der Waals surface area contributed by atoms with Crippen LogP contribution in [-0.2, 0) is 0 Å². The molecule has 0 aliphatic rings. The summed E-state index contributed by atoms with van der Waals surface area (Å²) in [5.41, 5.74) is 3.13. The first kappa shape index (κ1) is 16.6. The van der Waals surface area contributed by atoms with Gasteiger partial charge in [0.1, 0.15) is 0 Å². The number of benzene rings is 1. The number of nitrogens with one attached hydrogen (secondary N) is 1. The number of imidazole rings is 1. The predicted molar refractivity (Wildman–Crippen MR) is 91.7 cm³/mol. The minimum atomic E-state index is -0.788. The Labute approximate surface area is 144 Å². The zero-order valence-corrected chi connectivity index (χ0v) is 14.1. The molecule has 0 aliphatic heterocycles. The second-order valence-corrected chi connectivity index (χ2v) is 5.46. The summed E-state index contributed by atoms with van der Waals surface area (Å²) in [4.78, 5) is 20.3. The Kier molecular flexibility index (Phi) is 4.47. The van der Waals surface area contributed by atoms with E-state index in [1.54, 1.807) is 18.5 Å². The van der Waals surface area contributed by atoms with Crippen molar-refractivity contribution in [3.63, 3.8) is 0 Å². The lowest BCUT2D eigenvalue weighted by molar-refractivity contribution is 0.101. The summed E-state index contributed by atoms with van der Waals surface area (Å²) in [6.45, 7) is 3.92. The van der Waals surface area contributed by atoms with E-state index in [0.29, 0.717) is 5.69 Å². The first-order chi connectivity index (χ1) is 12.0. The number of aryl methyl sites for hydroxylation is 1. The van der Waals surface area contributed by atoms with Gasteiger partial charge in [0.2, 0.25) is 0 Å². The van der Waals surface area contributed by atoms with Crippen molar-refractivity contribution in [2.75, 3.05) is 12.4 Å². The number of amides is 1. The molecule has 1 aromatic carbocycles. The molecule has 2 heterocycles. The van der Waals surface area contributed by atoms with E-state index in [1.165, 1.54) is 19.4 Å². The molecule has 128 valence electrons. The smallest absolute Gasteiger partial charge is 0.277 e. The molecular weight excluding hydrogens is 323 g/mol. The molecule has 1 amide bonds. The van der Waals surface area contributed by atoms with Crippen molar-refractivity contribution in [3.8, 4) is 11.4 Å². The van der Waals surface area contributed by atoms with E-state index in [4.69, 9.17) is 4.74 Å². The Morgan fingerprint density at radius 3 is 2.48 bits per heavy atom. The van der Waals surface area contributed by atoms with Crippen molar-refractivity contribution in [2.24, 2.45) is 0 Å². The van der Waals surface area contributed by atoms with Crippen LogP contribution in [-0.4, -0.2) is 27.6 Å². The number of methoxy groups -OCH3 is 1.